The minimum absolute atomic E-state index is 0.186. The maximum Gasteiger partial charge on any atom is 0.199 e. The van der Waals surface area contributed by atoms with Crippen LogP contribution >= 0.6 is 0 Å². The van der Waals surface area contributed by atoms with Gasteiger partial charge in [0, 0.05) is 12.8 Å². The van der Waals surface area contributed by atoms with Crippen molar-refractivity contribution in [3.63, 3.8) is 0 Å². The second kappa shape index (κ2) is 9.14. The number of hydrogen-bond donors (Lipinski definition) is 0. The molecule has 3 nitrogen and oxygen atoms in total. The van der Waals surface area contributed by atoms with Crippen LogP contribution in [0.4, 0.5) is 4.39 Å². The van der Waals surface area contributed by atoms with Gasteiger partial charge in [-0.3, -0.25) is 0 Å². The Morgan fingerprint density at radius 2 is 2.07 bits per heavy atom. The Hall–Kier alpha value is -2.20. The molecule has 2 aromatic carbocycles. The number of Topliss-reactive ketones (excluding diaryl/α,β-unsaturated/α-hetero) is 1. The van der Waals surface area contributed by atoms with Crippen LogP contribution in [0.3, 0.4) is 0 Å². The van der Waals surface area contributed by atoms with Crippen molar-refractivity contribution in [2.24, 2.45) is 5.92 Å². The normalized spacial score (nSPS) is 19.7. The number of ether oxygens (including phenoxy) is 2. The zero-order valence-electron chi connectivity index (χ0n) is 16.0. The molecule has 2 atom stereocenters. The number of carbonyl (C=O) groups excluding carboxylic acids is 1. The molecular weight excluding hydrogens is 343 g/mol. The summed E-state index contributed by atoms with van der Waals surface area (Å²) in [5.74, 6) is 1.21. The Kier molecular flexibility index (Phi) is 6.62. The van der Waals surface area contributed by atoms with Crippen molar-refractivity contribution < 1.29 is 18.7 Å². The van der Waals surface area contributed by atoms with Crippen LogP contribution in [-0.4, -0.2) is 18.7 Å². The first kappa shape index (κ1) is 19.6. The van der Waals surface area contributed by atoms with E-state index in [1.165, 1.54) is 12.1 Å². The van der Waals surface area contributed by atoms with Crippen LogP contribution in [0.25, 0.3) is 11.1 Å². The van der Waals surface area contributed by atoms with E-state index in [4.69, 9.17) is 9.47 Å². The largest absolute Gasteiger partial charge is 0.465 e. The average Bonchev–Trinajstić information content (AvgIpc) is 2.64. The van der Waals surface area contributed by atoms with Crippen LogP contribution in [0.15, 0.2) is 42.5 Å². The van der Waals surface area contributed by atoms with Crippen LogP contribution in [0.5, 0.6) is 5.75 Å². The van der Waals surface area contributed by atoms with Gasteiger partial charge in [0.15, 0.2) is 6.29 Å². The zero-order chi connectivity index (χ0) is 19.2. The van der Waals surface area contributed by atoms with E-state index in [0.29, 0.717) is 18.9 Å². The molecule has 0 saturated carbocycles. The average molecular weight is 370 g/mol. The zero-order valence-corrected chi connectivity index (χ0v) is 16.0. The summed E-state index contributed by atoms with van der Waals surface area (Å²) >= 11 is 0. The third-order valence-corrected chi connectivity index (χ3v) is 4.92. The highest BCUT2D eigenvalue weighted by Crippen LogP contribution is 2.31. The summed E-state index contributed by atoms with van der Waals surface area (Å²) in [7, 11) is 0. The van der Waals surface area contributed by atoms with Crippen molar-refractivity contribution in [1.82, 2.24) is 0 Å². The molecule has 0 bridgehead atoms. The molecule has 1 fully saturated rings. The monoisotopic (exact) mass is 370 g/mol. The fourth-order valence-electron chi connectivity index (χ4n) is 3.40. The molecule has 0 aromatic heterocycles. The Bertz CT molecular complexity index is 779. The van der Waals surface area contributed by atoms with Gasteiger partial charge in [0.1, 0.15) is 17.3 Å². The van der Waals surface area contributed by atoms with Crippen LogP contribution in [0, 0.1) is 11.7 Å². The Morgan fingerprint density at radius 1 is 1.22 bits per heavy atom. The summed E-state index contributed by atoms with van der Waals surface area (Å²) in [6.07, 6.45) is 3.83. The molecule has 0 N–H and O–H groups in total. The van der Waals surface area contributed by atoms with E-state index < -0.39 is 0 Å². The lowest BCUT2D eigenvalue weighted by molar-refractivity contribution is -0.121. The maximum atomic E-state index is 13.8. The van der Waals surface area contributed by atoms with E-state index in [1.54, 1.807) is 13.0 Å². The predicted octanol–water partition coefficient (Wildman–Crippen LogP) is 5.56. The number of benzene rings is 2. The molecule has 4 heteroatoms. The summed E-state index contributed by atoms with van der Waals surface area (Å²) in [4.78, 5) is 11.2. The Balaban J connectivity index is 1.82. The number of hydrogen-bond acceptors (Lipinski definition) is 3. The van der Waals surface area contributed by atoms with Gasteiger partial charge in [-0.05, 0) is 73.1 Å². The number of aryl methyl sites for hydroxylation is 1. The minimum atomic E-state index is -0.266. The molecule has 1 aliphatic heterocycles. The maximum absolute atomic E-state index is 13.8. The lowest BCUT2D eigenvalue weighted by Gasteiger charge is -2.27. The lowest BCUT2D eigenvalue weighted by Crippen LogP contribution is -2.29. The first-order valence-electron chi connectivity index (χ1n) is 9.68. The summed E-state index contributed by atoms with van der Waals surface area (Å²) in [5.41, 5.74) is 2.85. The van der Waals surface area contributed by atoms with Crippen LogP contribution in [-0.2, 0) is 16.0 Å². The molecule has 1 aliphatic rings. The van der Waals surface area contributed by atoms with Gasteiger partial charge in [0.25, 0.3) is 0 Å². The van der Waals surface area contributed by atoms with E-state index in [-0.39, 0.29) is 17.9 Å². The SMILES string of the molecule is CC(=O)CCCc1ccc(OC2CCC(C)CO2)cc1-c1cccc(F)c1. The van der Waals surface area contributed by atoms with E-state index in [1.807, 2.05) is 24.3 Å². The fraction of sp³-hybridized carbons (Fsp3) is 0.435. The highest BCUT2D eigenvalue weighted by atomic mass is 19.1. The number of ketones is 1. The summed E-state index contributed by atoms with van der Waals surface area (Å²) in [6, 6.07) is 12.5. The molecule has 0 aliphatic carbocycles. The predicted molar refractivity (Wildman–Crippen MR) is 104 cm³/mol. The fourth-order valence-corrected chi connectivity index (χ4v) is 3.40. The standard InChI is InChI=1S/C23H27FO3/c1-16-9-12-23(26-15-16)27-21-11-10-18(6-3-5-17(2)25)22(14-21)19-7-4-8-20(24)13-19/h4,7-8,10-11,13-14,16,23H,3,5-6,9,12,15H2,1-2H3. The summed E-state index contributed by atoms with van der Waals surface area (Å²) < 4.78 is 25.5. The molecular formula is C23H27FO3. The molecule has 1 saturated heterocycles. The molecule has 144 valence electrons. The highest BCUT2D eigenvalue weighted by molar-refractivity contribution is 5.75. The third-order valence-electron chi connectivity index (χ3n) is 4.92. The highest BCUT2D eigenvalue weighted by Gasteiger charge is 2.20. The van der Waals surface area contributed by atoms with Crippen molar-refractivity contribution in [3.8, 4) is 16.9 Å². The van der Waals surface area contributed by atoms with Crippen LogP contribution < -0.4 is 4.74 Å². The first-order chi connectivity index (χ1) is 13.0. The molecule has 0 radical (unpaired) electrons. The smallest absolute Gasteiger partial charge is 0.199 e. The summed E-state index contributed by atoms with van der Waals surface area (Å²) in [6.45, 7) is 4.49. The van der Waals surface area contributed by atoms with Gasteiger partial charge in [-0.1, -0.05) is 25.1 Å². The number of carbonyl (C=O) groups is 1. The second-order valence-corrected chi connectivity index (χ2v) is 7.45. The number of halogens is 1. The molecule has 3 rings (SSSR count). The molecule has 0 spiro atoms. The first-order valence-corrected chi connectivity index (χ1v) is 9.68. The van der Waals surface area contributed by atoms with Gasteiger partial charge in [-0.25, -0.2) is 4.39 Å². The van der Waals surface area contributed by atoms with Crippen molar-refractivity contribution in [3.05, 3.63) is 53.8 Å². The summed E-state index contributed by atoms with van der Waals surface area (Å²) in [5, 5.41) is 0. The lowest BCUT2D eigenvalue weighted by atomic mass is 9.95. The van der Waals surface area contributed by atoms with Crippen LogP contribution in [0.2, 0.25) is 0 Å². The van der Waals surface area contributed by atoms with E-state index in [2.05, 4.69) is 6.92 Å². The van der Waals surface area contributed by atoms with Crippen molar-refractivity contribution in [2.45, 2.75) is 52.2 Å². The molecule has 2 aromatic rings. The molecule has 2 unspecified atom stereocenters. The van der Waals surface area contributed by atoms with E-state index in [9.17, 15) is 9.18 Å². The second-order valence-electron chi connectivity index (χ2n) is 7.45. The van der Waals surface area contributed by atoms with E-state index >= 15 is 0 Å². The quantitative estimate of drug-likeness (QED) is 0.640. The Labute approximate surface area is 160 Å². The van der Waals surface area contributed by atoms with Gasteiger partial charge in [0.05, 0.1) is 6.61 Å². The van der Waals surface area contributed by atoms with Gasteiger partial charge in [-0.15, -0.1) is 0 Å². The Morgan fingerprint density at radius 3 is 2.78 bits per heavy atom. The van der Waals surface area contributed by atoms with Crippen molar-refractivity contribution in [2.75, 3.05) is 6.61 Å². The molecule has 0 amide bonds. The number of rotatable bonds is 7. The van der Waals surface area contributed by atoms with E-state index in [0.717, 1.165) is 48.1 Å². The van der Waals surface area contributed by atoms with Gasteiger partial charge >= 0.3 is 0 Å². The molecule has 27 heavy (non-hydrogen) atoms. The van der Waals surface area contributed by atoms with Gasteiger partial charge in [-0.2, -0.15) is 0 Å². The topological polar surface area (TPSA) is 35.5 Å². The molecule has 1 heterocycles. The van der Waals surface area contributed by atoms with Gasteiger partial charge in [0.2, 0.25) is 0 Å². The minimum Gasteiger partial charge on any atom is -0.465 e. The van der Waals surface area contributed by atoms with Crippen molar-refractivity contribution >= 4 is 5.78 Å². The van der Waals surface area contributed by atoms with Gasteiger partial charge < -0.3 is 14.3 Å². The van der Waals surface area contributed by atoms with Crippen LogP contribution in [0.1, 0.15) is 45.1 Å². The van der Waals surface area contributed by atoms with Crippen molar-refractivity contribution in [1.29, 1.82) is 0 Å². The third kappa shape index (κ3) is 5.64.